The van der Waals surface area contributed by atoms with Gasteiger partial charge in [-0.25, -0.2) is 4.39 Å². The largest absolute Gasteiger partial charge is 0.398 e. The van der Waals surface area contributed by atoms with E-state index in [1.807, 2.05) is 31.2 Å². The molecule has 1 atom stereocenters. The van der Waals surface area contributed by atoms with Crippen LogP contribution in [0.25, 0.3) is 0 Å². The topological polar surface area (TPSA) is 55.1 Å². The first-order valence-corrected chi connectivity index (χ1v) is 6.88. The van der Waals surface area contributed by atoms with E-state index >= 15 is 0 Å². The number of hydrogen-bond donors (Lipinski definition) is 2. The van der Waals surface area contributed by atoms with Crippen LogP contribution in [0.1, 0.15) is 28.9 Å². The molecule has 3 N–H and O–H groups in total. The molecule has 104 valence electrons. The molecule has 0 fully saturated rings. The van der Waals surface area contributed by atoms with E-state index in [9.17, 15) is 9.18 Å². The molecule has 0 spiro atoms. The van der Waals surface area contributed by atoms with Crippen LogP contribution in [-0.2, 0) is 0 Å². The molecule has 5 heteroatoms. The molecule has 2 rings (SSSR count). The summed E-state index contributed by atoms with van der Waals surface area (Å²) in [6.07, 6.45) is 0. The lowest BCUT2D eigenvalue weighted by Crippen LogP contribution is -2.27. The van der Waals surface area contributed by atoms with Gasteiger partial charge in [0.05, 0.1) is 11.6 Å². The molecule has 3 nitrogen and oxygen atoms in total. The highest BCUT2D eigenvalue weighted by atomic mass is 79.9. The molecule has 0 aliphatic heterocycles. The van der Waals surface area contributed by atoms with Crippen LogP contribution in [0.15, 0.2) is 46.9 Å². The SMILES string of the molecule is C[C@@H](NC(=O)c1cc(F)ccc1N)c1ccccc1Br. The van der Waals surface area contributed by atoms with Gasteiger partial charge in [0.2, 0.25) is 0 Å². The highest BCUT2D eigenvalue weighted by Crippen LogP contribution is 2.23. The number of amides is 1. The van der Waals surface area contributed by atoms with Gasteiger partial charge in [-0.05, 0) is 36.8 Å². The van der Waals surface area contributed by atoms with Crippen molar-refractivity contribution >= 4 is 27.5 Å². The number of halogens is 2. The Morgan fingerprint density at radius 1 is 1.30 bits per heavy atom. The number of rotatable bonds is 3. The van der Waals surface area contributed by atoms with E-state index in [1.54, 1.807) is 0 Å². The van der Waals surface area contributed by atoms with Gasteiger partial charge in [-0.1, -0.05) is 34.1 Å². The van der Waals surface area contributed by atoms with Crippen LogP contribution in [-0.4, -0.2) is 5.91 Å². The van der Waals surface area contributed by atoms with Crippen LogP contribution in [0.5, 0.6) is 0 Å². The minimum atomic E-state index is -0.488. The van der Waals surface area contributed by atoms with Gasteiger partial charge in [-0.15, -0.1) is 0 Å². The van der Waals surface area contributed by atoms with Crippen molar-refractivity contribution in [3.63, 3.8) is 0 Å². The summed E-state index contributed by atoms with van der Waals surface area (Å²) in [4.78, 5) is 12.1. The zero-order chi connectivity index (χ0) is 14.7. The fourth-order valence-electron chi connectivity index (χ4n) is 1.90. The number of nitrogens with one attached hydrogen (secondary N) is 1. The molecule has 0 bridgehead atoms. The Morgan fingerprint density at radius 3 is 2.70 bits per heavy atom. The first kappa shape index (κ1) is 14.5. The molecule has 20 heavy (non-hydrogen) atoms. The Labute approximate surface area is 125 Å². The smallest absolute Gasteiger partial charge is 0.253 e. The average Bonchev–Trinajstić information content (AvgIpc) is 2.41. The second-order valence-electron chi connectivity index (χ2n) is 4.45. The zero-order valence-electron chi connectivity index (χ0n) is 10.9. The number of nitrogen functional groups attached to an aromatic ring is 1. The predicted octanol–water partition coefficient (Wildman–Crippen LogP) is 3.66. The quantitative estimate of drug-likeness (QED) is 0.840. The Balaban J connectivity index is 2.20. The number of nitrogens with two attached hydrogens (primary N) is 1. The van der Waals surface area contributed by atoms with Crippen LogP contribution in [0.3, 0.4) is 0 Å². The summed E-state index contributed by atoms with van der Waals surface area (Å²) in [5, 5.41) is 2.81. The maximum Gasteiger partial charge on any atom is 0.253 e. The normalized spacial score (nSPS) is 11.9. The summed E-state index contributed by atoms with van der Waals surface area (Å²) >= 11 is 3.43. The zero-order valence-corrected chi connectivity index (χ0v) is 12.4. The van der Waals surface area contributed by atoms with Gasteiger partial charge in [0.1, 0.15) is 5.82 Å². The predicted molar refractivity (Wildman–Crippen MR) is 80.8 cm³/mol. The third-order valence-electron chi connectivity index (χ3n) is 2.98. The standard InChI is InChI=1S/C15H14BrFN2O/c1-9(11-4-2-3-5-13(11)16)19-15(20)12-8-10(17)6-7-14(12)18/h2-9H,18H2,1H3,(H,19,20)/t9-/m1/s1. The van der Waals surface area contributed by atoms with Crippen LogP contribution >= 0.6 is 15.9 Å². The van der Waals surface area contributed by atoms with Crippen molar-refractivity contribution in [2.75, 3.05) is 5.73 Å². The molecule has 2 aromatic carbocycles. The highest BCUT2D eigenvalue weighted by Gasteiger charge is 2.15. The van der Waals surface area contributed by atoms with E-state index in [4.69, 9.17) is 5.73 Å². The molecular weight excluding hydrogens is 323 g/mol. The van der Waals surface area contributed by atoms with Crippen LogP contribution in [0, 0.1) is 5.82 Å². The first-order chi connectivity index (χ1) is 9.49. The summed E-state index contributed by atoms with van der Waals surface area (Å²) in [5.74, 6) is -0.886. The second-order valence-corrected chi connectivity index (χ2v) is 5.30. The fraction of sp³-hybridized carbons (Fsp3) is 0.133. The molecule has 0 aromatic heterocycles. The van der Waals surface area contributed by atoms with E-state index in [2.05, 4.69) is 21.2 Å². The Hall–Kier alpha value is -1.88. The van der Waals surface area contributed by atoms with Crippen LogP contribution in [0.4, 0.5) is 10.1 Å². The van der Waals surface area contributed by atoms with Gasteiger partial charge in [0, 0.05) is 10.2 Å². The maximum atomic E-state index is 13.2. The third-order valence-corrected chi connectivity index (χ3v) is 3.70. The minimum Gasteiger partial charge on any atom is -0.398 e. The molecule has 1 amide bonds. The van der Waals surface area contributed by atoms with Crippen molar-refractivity contribution in [2.24, 2.45) is 0 Å². The molecule has 0 aliphatic rings. The second kappa shape index (κ2) is 6.05. The average molecular weight is 337 g/mol. The van der Waals surface area contributed by atoms with Gasteiger partial charge in [0.25, 0.3) is 5.91 Å². The molecule has 2 aromatic rings. The Morgan fingerprint density at radius 2 is 2.00 bits per heavy atom. The molecule has 0 radical (unpaired) electrons. The molecule has 0 aliphatic carbocycles. The lowest BCUT2D eigenvalue weighted by atomic mass is 10.1. The van der Waals surface area contributed by atoms with Gasteiger partial charge in [-0.3, -0.25) is 4.79 Å². The summed E-state index contributed by atoms with van der Waals surface area (Å²) < 4.78 is 14.1. The van der Waals surface area contributed by atoms with Gasteiger partial charge < -0.3 is 11.1 Å². The van der Waals surface area contributed by atoms with Gasteiger partial charge in [0.15, 0.2) is 0 Å². The van der Waals surface area contributed by atoms with E-state index in [1.165, 1.54) is 12.1 Å². The van der Waals surface area contributed by atoms with Crippen molar-refractivity contribution in [3.8, 4) is 0 Å². The monoisotopic (exact) mass is 336 g/mol. The maximum absolute atomic E-state index is 13.2. The van der Waals surface area contributed by atoms with Gasteiger partial charge >= 0.3 is 0 Å². The number of hydrogen-bond acceptors (Lipinski definition) is 2. The number of anilines is 1. The van der Waals surface area contributed by atoms with Crippen molar-refractivity contribution in [1.82, 2.24) is 5.32 Å². The van der Waals surface area contributed by atoms with Crippen molar-refractivity contribution in [2.45, 2.75) is 13.0 Å². The van der Waals surface area contributed by atoms with Crippen molar-refractivity contribution < 1.29 is 9.18 Å². The number of carbonyl (C=O) groups excluding carboxylic acids is 1. The van der Waals surface area contributed by atoms with E-state index in [-0.39, 0.29) is 17.3 Å². The van der Waals surface area contributed by atoms with E-state index in [0.29, 0.717) is 0 Å². The molecule has 0 heterocycles. The Bertz CT molecular complexity index is 646. The Kier molecular flexibility index (Phi) is 4.39. The van der Waals surface area contributed by atoms with Crippen LogP contribution < -0.4 is 11.1 Å². The van der Waals surface area contributed by atoms with Crippen molar-refractivity contribution in [1.29, 1.82) is 0 Å². The fourth-order valence-corrected chi connectivity index (χ4v) is 2.53. The molecule has 0 saturated carbocycles. The summed E-state index contributed by atoms with van der Waals surface area (Å²) in [5.41, 5.74) is 7.03. The summed E-state index contributed by atoms with van der Waals surface area (Å²) in [7, 11) is 0. The van der Waals surface area contributed by atoms with Crippen LogP contribution in [0.2, 0.25) is 0 Å². The minimum absolute atomic E-state index is 0.143. The number of carbonyl (C=O) groups is 1. The lowest BCUT2D eigenvalue weighted by molar-refractivity contribution is 0.0940. The molecule has 0 unspecified atom stereocenters. The summed E-state index contributed by atoms with van der Waals surface area (Å²) in [6, 6.07) is 11.1. The molecular formula is C15H14BrFN2O. The van der Waals surface area contributed by atoms with Crippen molar-refractivity contribution in [3.05, 3.63) is 63.9 Å². The lowest BCUT2D eigenvalue weighted by Gasteiger charge is -2.16. The molecule has 0 saturated heterocycles. The highest BCUT2D eigenvalue weighted by molar-refractivity contribution is 9.10. The first-order valence-electron chi connectivity index (χ1n) is 6.09. The number of benzene rings is 2. The summed E-state index contributed by atoms with van der Waals surface area (Å²) in [6.45, 7) is 1.85. The third kappa shape index (κ3) is 3.17. The van der Waals surface area contributed by atoms with E-state index < -0.39 is 11.7 Å². The van der Waals surface area contributed by atoms with Gasteiger partial charge in [-0.2, -0.15) is 0 Å². The van der Waals surface area contributed by atoms with E-state index in [0.717, 1.165) is 16.1 Å².